The van der Waals surface area contributed by atoms with Crippen LogP contribution in [-0.2, 0) is 10.7 Å². The van der Waals surface area contributed by atoms with Crippen molar-refractivity contribution in [2.45, 2.75) is 12.8 Å². The molecule has 0 radical (unpaired) electrons. The zero-order valence-electron chi connectivity index (χ0n) is 13.8. The molecule has 3 rings (SSSR count). The summed E-state index contributed by atoms with van der Waals surface area (Å²) in [7, 11) is 0. The number of rotatable bonds is 4. The maximum absolute atomic E-state index is 13.7. The zero-order valence-corrected chi connectivity index (χ0v) is 15.3. The van der Waals surface area contributed by atoms with Gasteiger partial charge in [0, 0.05) is 43.3 Å². The highest BCUT2D eigenvalue weighted by Gasteiger charge is 2.39. The summed E-state index contributed by atoms with van der Waals surface area (Å²) in [6.07, 6.45) is 1.42. The standard InChI is InChI=1S/C18H18BrF2N3O/c1-13(25)18(20,21)17-7-6-16(12-22-17)24-10-8-23(9-11-24)15-4-2-14(19)3-5-15/h2-7,12H,8-11H2,1H3. The van der Waals surface area contributed by atoms with Crippen LogP contribution in [0.3, 0.4) is 0 Å². The Hall–Kier alpha value is -2.02. The molecule has 1 aromatic carbocycles. The van der Waals surface area contributed by atoms with Crippen molar-refractivity contribution < 1.29 is 13.6 Å². The molecule has 0 aliphatic carbocycles. The van der Waals surface area contributed by atoms with Gasteiger partial charge >= 0.3 is 5.92 Å². The number of aromatic nitrogens is 1. The number of hydrogen-bond donors (Lipinski definition) is 0. The quantitative estimate of drug-likeness (QED) is 0.768. The summed E-state index contributed by atoms with van der Waals surface area (Å²) in [5, 5.41) is 0. The third kappa shape index (κ3) is 3.81. The second kappa shape index (κ2) is 7.07. The molecule has 0 unspecified atom stereocenters. The largest absolute Gasteiger partial charge is 0.368 e. The van der Waals surface area contributed by atoms with Crippen LogP contribution in [0.15, 0.2) is 47.1 Å². The first-order chi connectivity index (χ1) is 11.9. The Bertz CT molecular complexity index is 742. The number of benzene rings is 1. The summed E-state index contributed by atoms with van der Waals surface area (Å²) in [6.45, 7) is 4.11. The predicted molar refractivity (Wildman–Crippen MR) is 97.4 cm³/mol. The van der Waals surface area contributed by atoms with Gasteiger partial charge in [0.2, 0.25) is 5.78 Å². The number of ketones is 1. The Morgan fingerprint density at radius 1 is 1.00 bits per heavy atom. The van der Waals surface area contributed by atoms with Crippen LogP contribution in [0, 0.1) is 0 Å². The highest BCUT2D eigenvalue weighted by Crippen LogP contribution is 2.29. The SMILES string of the molecule is CC(=O)C(F)(F)c1ccc(N2CCN(c3ccc(Br)cc3)CC2)cn1. The lowest BCUT2D eigenvalue weighted by molar-refractivity contribution is -0.142. The van der Waals surface area contributed by atoms with Crippen molar-refractivity contribution in [1.29, 1.82) is 0 Å². The number of carbonyl (C=O) groups excluding carboxylic acids is 1. The molecule has 1 aliphatic rings. The van der Waals surface area contributed by atoms with Crippen molar-refractivity contribution >= 4 is 33.1 Å². The van der Waals surface area contributed by atoms with Gasteiger partial charge in [0.25, 0.3) is 0 Å². The monoisotopic (exact) mass is 409 g/mol. The molecule has 1 aliphatic heterocycles. The Morgan fingerprint density at radius 3 is 2.00 bits per heavy atom. The van der Waals surface area contributed by atoms with Gasteiger partial charge in [-0.25, -0.2) is 0 Å². The molecule has 2 aromatic rings. The summed E-state index contributed by atoms with van der Waals surface area (Å²) in [5.41, 5.74) is 1.45. The third-order valence-electron chi connectivity index (χ3n) is 4.35. The fraction of sp³-hybridized carbons (Fsp3) is 0.333. The van der Waals surface area contributed by atoms with Crippen molar-refractivity contribution in [2.75, 3.05) is 36.0 Å². The first kappa shape index (κ1) is 17.8. The summed E-state index contributed by atoms with van der Waals surface area (Å²) in [4.78, 5) is 19.2. The lowest BCUT2D eigenvalue weighted by Crippen LogP contribution is -2.46. The number of piperazine rings is 1. The van der Waals surface area contributed by atoms with E-state index in [1.807, 2.05) is 12.1 Å². The number of pyridine rings is 1. The van der Waals surface area contributed by atoms with Crippen LogP contribution < -0.4 is 9.80 Å². The highest BCUT2D eigenvalue weighted by molar-refractivity contribution is 9.10. The molecule has 1 fully saturated rings. The number of anilines is 2. The maximum Gasteiger partial charge on any atom is 0.346 e. The molecule has 2 heterocycles. The molecule has 1 aromatic heterocycles. The van der Waals surface area contributed by atoms with E-state index < -0.39 is 17.4 Å². The fourth-order valence-corrected chi connectivity index (χ4v) is 3.08. The Kier molecular flexibility index (Phi) is 5.03. The molecular formula is C18H18BrF2N3O. The van der Waals surface area contributed by atoms with Gasteiger partial charge in [0.15, 0.2) is 0 Å². The van der Waals surface area contributed by atoms with Gasteiger partial charge < -0.3 is 9.80 Å². The Balaban J connectivity index is 1.65. The molecule has 0 saturated carbocycles. The minimum Gasteiger partial charge on any atom is -0.368 e. The molecule has 25 heavy (non-hydrogen) atoms. The number of nitrogens with zero attached hydrogens (tertiary/aromatic N) is 3. The maximum atomic E-state index is 13.7. The second-order valence-electron chi connectivity index (χ2n) is 5.98. The lowest BCUT2D eigenvalue weighted by atomic mass is 10.1. The van der Waals surface area contributed by atoms with E-state index >= 15 is 0 Å². The Morgan fingerprint density at radius 2 is 1.52 bits per heavy atom. The number of carbonyl (C=O) groups is 1. The van der Waals surface area contributed by atoms with Crippen molar-refractivity contribution in [2.24, 2.45) is 0 Å². The Labute approximate surface area is 153 Å². The van der Waals surface area contributed by atoms with Gasteiger partial charge in [-0.2, -0.15) is 8.78 Å². The van der Waals surface area contributed by atoms with E-state index in [-0.39, 0.29) is 0 Å². The minimum absolute atomic E-state index is 0.503. The van der Waals surface area contributed by atoms with Gasteiger partial charge in [-0.15, -0.1) is 0 Å². The van der Waals surface area contributed by atoms with Gasteiger partial charge in [-0.3, -0.25) is 9.78 Å². The molecule has 0 spiro atoms. The van der Waals surface area contributed by atoms with Crippen LogP contribution >= 0.6 is 15.9 Å². The average Bonchev–Trinajstić information content (AvgIpc) is 2.62. The molecule has 0 amide bonds. The average molecular weight is 410 g/mol. The minimum atomic E-state index is -3.53. The van der Waals surface area contributed by atoms with E-state index in [4.69, 9.17) is 0 Å². The number of Topliss-reactive ketones (excluding diaryl/α,β-unsaturated/α-hetero) is 1. The number of alkyl halides is 2. The predicted octanol–water partition coefficient (Wildman–Crippen LogP) is 3.85. The van der Waals surface area contributed by atoms with E-state index in [9.17, 15) is 13.6 Å². The van der Waals surface area contributed by atoms with E-state index in [0.29, 0.717) is 0 Å². The lowest BCUT2D eigenvalue weighted by Gasteiger charge is -2.37. The number of halogens is 3. The molecule has 132 valence electrons. The third-order valence-corrected chi connectivity index (χ3v) is 4.88. The first-order valence-corrected chi connectivity index (χ1v) is 8.78. The fourth-order valence-electron chi connectivity index (χ4n) is 2.81. The molecule has 7 heteroatoms. The van der Waals surface area contributed by atoms with E-state index in [0.717, 1.165) is 49.0 Å². The van der Waals surface area contributed by atoms with Crippen molar-refractivity contribution in [1.82, 2.24) is 4.98 Å². The second-order valence-corrected chi connectivity index (χ2v) is 6.90. The van der Waals surface area contributed by atoms with Crippen LogP contribution in [0.1, 0.15) is 12.6 Å². The van der Waals surface area contributed by atoms with Crippen LogP contribution in [0.2, 0.25) is 0 Å². The van der Waals surface area contributed by atoms with Gasteiger partial charge in [-0.05, 0) is 36.4 Å². The molecular weight excluding hydrogens is 392 g/mol. The van der Waals surface area contributed by atoms with Crippen LogP contribution in [0.25, 0.3) is 0 Å². The van der Waals surface area contributed by atoms with E-state index in [2.05, 4.69) is 42.8 Å². The van der Waals surface area contributed by atoms with Gasteiger partial charge in [0.1, 0.15) is 5.69 Å². The highest BCUT2D eigenvalue weighted by atomic mass is 79.9. The summed E-state index contributed by atoms with van der Waals surface area (Å²) < 4.78 is 28.4. The van der Waals surface area contributed by atoms with Gasteiger partial charge in [0.05, 0.1) is 11.9 Å². The van der Waals surface area contributed by atoms with Crippen molar-refractivity contribution in [3.05, 3.63) is 52.8 Å². The van der Waals surface area contributed by atoms with E-state index in [1.165, 1.54) is 12.3 Å². The van der Waals surface area contributed by atoms with Crippen LogP contribution in [0.5, 0.6) is 0 Å². The normalized spacial score (nSPS) is 15.4. The summed E-state index contributed by atoms with van der Waals surface area (Å²) in [5.74, 6) is -4.73. The van der Waals surface area contributed by atoms with Crippen molar-refractivity contribution in [3.63, 3.8) is 0 Å². The van der Waals surface area contributed by atoms with E-state index in [1.54, 1.807) is 6.07 Å². The molecule has 0 bridgehead atoms. The van der Waals surface area contributed by atoms with Crippen molar-refractivity contribution in [3.8, 4) is 0 Å². The summed E-state index contributed by atoms with van der Waals surface area (Å²) in [6, 6.07) is 11.0. The topological polar surface area (TPSA) is 36.4 Å². The van der Waals surface area contributed by atoms with Crippen LogP contribution in [0.4, 0.5) is 20.2 Å². The first-order valence-electron chi connectivity index (χ1n) is 7.99. The number of hydrogen-bond acceptors (Lipinski definition) is 4. The smallest absolute Gasteiger partial charge is 0.346 e. The van der Waals surface area contributed by atoms with Gasteiger partial charge in [-0.1, -0.05) is 15.9 Å². The summed E-state index contributed by atoms with van der Waals surface area (Å²) >= 11 is 3.43. The zero-order chi connectivity index (χ0) is 18.0. The molecule has 4 nitrogen and oxygen atoms in total. The molecule has 1 saturated heterocycles. The van der Waals surface area contributed by atoms with Crippen LogP contribution in [-0.4, -0.2) is 36.9 Å². The molecule has 0 N–H and O–H groups in total. The molecule has 0 atom stereocenters.